The van der Waals surface area contributed by atoms with Crippen molar-refractivity contribution >= 4 is 11.5 Å². The number of pyridine rings is 1. The van der Waals surface area contributed by atoms with Crippen LogP contribution in [0.15, 0.2) is 30.3 Å². The first-order chi connectivity index (χ1) is 8.60. The molecule has 0 radical (unpaired) electrons. The average molecular weight is 254 g/mol. The topological polar surface area (TPSA) is 34.1 Å². The van der Waals surface area contributed by atoms with E-state index in [-0.39, 0.29) is 5.82 Å². The summed E-state index contributed by atoms with van der Waals surface area (Å²) in [5, 5.41) is 2.54. The Morgan fingerprint density at radius 2 is 1.72 bits per heavy atom. The molecule has 3 nitrogen and oxygen atoms in total. The maximum atomic E-state index is 13.3. The van der Waals surface area contributed by atoms with Gasteiger partial charge in [-0.25, -0.2) is 8.78 Å². The summed E-state index contributed by atoms with van der Waals surface area (Å²) in [4.78, 5) is 3.15. The van der Waals surface area contributed by atoms with Crippen LogP contribution in [0.5, 0.6) is 5.75 Å². The Labute approximate surface area is 101 Å². The molecule has 0 aliphatic carbocycles. The fourth-order valence-electron chi connectivity index (χ4n) is 1.34. The predicted molar refractivity (Wildman–Crippen MR) is 60.4 cm³/mol. The normalized spacial score (nSPS) is 10.2. The minimum atomic E-state index is -1.35. The van der Waals surface area contributed by atoms with Gasteiger partial charge in [-0.1, -0.05) is 0 Å². The summed E-state index contributed by atoms with van der Waals surface area (Å²) < 4.78 is 43.8. The molecule has 0 saturated heterocycles. The molecule has 0 saturated carbocycles. The molecule has 0 aliphatic heterocycles. The molecule has 2 aromatic rings. The number of anilines is 2. The number of methoxy groups -OCH3 is 1. The van der Waals surface area contributed by atoms with Crippen LogP contribution in [0.25, 0.3) is 0 Å². The highest BCUT2D eigenvalue weighted by atomic mass is 19.2. The number of rotatable bonds is 3. The summed E-state index contributed by atoms with van der Waals surface area (Å²) in [5.74, 6) is -3.40. The number of hydrogen-bond acceptors (Lipinski definition) is 3. The van der Waals surface area contributed by atoms with E-state index in [1.807, 2.05) is 0 Å². The summed E-state index contributed by atoms with van der Waals surface area (Å²) in [6.07, 6.45) is 0. The summed E-state index contributed by atoms with van der Waals surface area (Å²) in [5.41, 5.74) is 0.480. The fourth-order valence-corrected chi connectivity index (χ4v) is 1.34. The predicted octanol–water partition coefficient (Wildman–Crippen LogP) is 3.25. The van der Waals surface area contributed by atoms with Gasteiger partial charge in [0.25, 0.3) is 5.95 Å². The number of ether oxygens (including phenoxy) is 1. The average Bonchev–Trinajstić information content (AvgIpc) is 2.37. The van der Waals surface area contributed by atoms with Gasteiger partial charge in [-0.2, -0.15) is 9.37 Å². The first-order valence-electron chi connectivity index (χ1n) is 5.03. The lowest BCUT2D eigenvalue weighted by Crippen LogP contribution is -2.01. The standard InChI is InChI=1S/C12H9F3N2O/c1-18-8-4-2-7(3-5-8)16-12-10(14)6-9(13)11(15)17-12/h2-6H,1H3,(H,16,17). The van der Waals surface area contributed by atoms with Crippen molar-refractivity contribution < 1.29 is 17.9 Å². The number of nitrogens with one attached hydrogen (secondary N) is 1. The van der Waals surface area contributed by atoms with Crippen LogP contribution >= 0.6 is 0 Å². The zero-order chi connectivity index (χ0) is 13.1. The van der Waals surface area contributed by atoms with Crippen LogP contribution in [-0.4, -0.2) is 12.1 Å². The Bertz CT molecular complexity index is 558. The first kappa shape index (κ1) is 12.2. The van der Waals surface area contributed by atoms with Gasteiger partial charge in [0.15, 0.2) is 17.5 Å². The van der Waals surface area contributed by atoms with Gasteiger partial charge in [0.1, 0.15) is 5.75 Å². The second-order valence-electron chi connectivity index (χ2n) is 3.44. The van der Waals surface area contributed by atoms with Crippen LogP contribution in [0.2, 0.25) is 0 Å². The van der Waals surface area contributed by atoms with E-state index in [1.165, 1.54) is 7.11 Å². The molecule has 1 heterocycles. The van der Waals surface area contributed by atoms with E-state index in [1.54, 1.807) is 24.3 Å². The van der Waals surface area contributed by atoms with Crippen molar-refractivity contribution in [2.45, 2.75) is 0 Å². The molecule has 18 heavy (non-hydrogen) atoms. The Balaban J connectivity index is 2.25. The van der Waals surface area contributed by atoms with E-state index in [2.05, 4.69) is 10.3 Å². The lowest BCUT2D eigenvalue weighted by atomic mass is 10.3. The van der Waals surface area contributed by atoms with Crippen molar-refractivity contribution in [1.82, 2.24) is 4.98 Å². The number of hydrogen-bond donors (Lipinski definition) is 1. The molecule has 0 bridgehead atoms. The lowest BCUT2D eigenvalue weighted by Gasteiger charge is -2.07. The second-order valence-corrected chi connectivity index (χ2v) is 3.44. The summed E-state index contributed by atoms with van der Waals surface area (Å²) in [7, 11) is 1.51. The summed E-state index contributed by atoms with van der Waals surface area (Å²) in [6.45, 7) is 0. The van der Waals surface area contributed by atoms with E-state index >= 15 is 0 Å². The van der Waals surface area contributed by atoms with Crippen molar-refractivity contribution in [2.75, 3.05) is 12.4 Å². The molecule has 2 rings (SSSR count). The van der Waals surface area contributed by atoms with Crippen LogP contribution in [0.1, 0.15) is 0 Å². The minimum Gasteiger partial charge on any atom is -0.497 e. The quantitative estimate of drug-likeness (QED) is 0.854. The van der Waals surface area contributed by atoms with Gasteiger partial charge in [-0.3, -0.25) is 0 Å². The highest BCUT2D eigenvalue weighted by Crippen LogP contribution is 2.21. The molecule has 0 spiro atoms. The monoisotopic (exact) mass is 254 g/mol. The van der Waals surface area contributed by atoms with E-state index in [4.69, 9.17) is 4.74 Å². The lowest BCUT2D eigenvalue weighted by molar-refractivity contribution is 0.415. The Morgan fingerprint density at radius 3 is 2.33 bits per heavy atom. The maximum absolute atomic E-state index is 13.3. The van der Waals surface area contributed by atoms with Gasteiger partial charge in [-0.15, -0.1) is 0 Å². The van der Waals surface area contributed by atoms with Gasteiger partial charge in [0, 0.05) is 11.8 Å². The SMILES string of the molecule is COc1ccc(Nc2nc(F)c(F)cc2F)cc1. The number of halogens is 3. The molecule has 94 valence electrons. The Hall–Kier alpha value is -2.24. The van der Waals surface area contributed by atoms with Gasteiger partial charge in [0.2, 0.25) is 0 Å². The van der Waals surface area contributed by atoms with Gasteiger partial charge in [-0.05, 0) is 24.3 Å². The van der Waals surface area contributed by atoms with Gasteiger partial charge < -0.3 is 10.1 Å². The molecule has 1 N–H and O–H groups in total. The Kier molecular flexibility index (Phi) is 3.36. The van der Waals surface area contributed by atoms with Crippen LogP contribution in [0.3, 0.4) is 0 Å². The smallest absolute Gasteiger partial charge is 0.251 e. The highest BCUT2D eigenvalue weighted by molar-refractivity contribution is 5.57. The molecule has 0 unspecified atom stereocenters. The second kappa shape index (κ2) is 4.95. The van der Waals surface area contributed by atoms with Gasteiger partial charge >= 0.3 is 0 Å². The Morgan fingerprint density at radius 1 is 1.06 bits per heavy atom. The van der Waals surface area contributed by atoms with Crippen molar-refractivity contribution in [3.05, 3.63) is 47.9 Å². The zero-order valence-electron chi connectivity index (χ0n) is 9.38. The van der Waals surface area contributed by atoms with Crippen molar-refractivity contribution in [2.24, 2.45) is 0 Å². The third-order valence-electron chi connectivity index (χ3n) is 2.24. The van der Waals surface area contributed by atoms with Crippen molar-refractivity contribution in [3.63, 3.8) is 0 Å². The first-order valence-corrected chi connectivity index (χ1v) is 5.03. The summed E-state index contributed by atoms with van der Waals surface area (Å²) in [6, 6.07) is 6.91. The maximum Gasteiger partial charge on any atom is 0.251 e. The third-order valence-corrected chi connectivity index (χ3v) is 2.24. The largest absolute Gasteiger partial charge is 0.497 e. The van der Waals surface area contributed by atoms with Crippen LogP contribution < -0.4 is 10.1 Å². The molecule has 1 aromatic heterocycles. The third kappa shape index (κ3) is 2.53. The van der Waals surface area contributed by atoms with E-state index in [0.29, 0.717) is 17.5 Å². The summed E-state index contributed by atoms with van der Waals surface area (Å²) >= 11 is 0. The molecule has 0 amide bonds. The molecule has 6 heteroatoms. The van der Waals surface area contributed by atoms with Crippen LogP contribution in [0.4, 0.5) is 24.7 Å². The number of aromatic nitrogens is 1. The fraction of sp³-hybridized carbons (Fsp3) is 0.0833. The number of benzene rings is 1. The van der Waals surface area contributed by atoms with E-state index in [0.717, 1.165) is 0 Å². The molecule has 0 aliphatic rings. The van der Waals surface area contributed by atoms with E-state index in [9.17, 15) is 13.2 Å². The van der Waals surface area contributed by atoms with Gasteiger partial charge in [0.05, 0.1) is 7.11 Å². The molecular weight excluding hydrogens is 245 g/mol. The molecule has 1 aromatic carbocycles. The highest BCUT2D eigenvalue weighted by Gasteiger charge is 2.11. The molecule has 0 fully saturated rings. The zero-order valence-corrected chi connectivity index (χ0v) is 9.38. The molecule has 0 atom stereocenters. The van der Waals surface area contributed by atoms with E-state index < -0.39 is 17.6 Å². The molecular formula is C12H9F3N2O. The van der Waals surface area contributed by atoms with Crippen LogP contribution in [0, 0.1) is 17.6 Å². The number of nitrogens with zero attached hydrogens (tertiary/aromatic N) is 1. The minimum absolute atomic E-state index is 0.376. The van der Waals surface area contributed by atoms with Crippen LogP contribution in [-0.2, 0) is 0 Å². The van der Waals surface area contributed by atoms with Crippen molar-refractivity contribution in [1.29, 1.82) is 0 Å². The van der Waals surface area contributed by atoms with Crippen molar-refractivity contribution in [3.8, 4) is 5.75 Å².